The summed E-state index contributed by atoms with van der Waals surface area (Å²) < 4.78 is 6.40. The molecule has 6 heteroatoms. The van der Waals surface area contributed by atoms with Crippen LogP contribution >= 0.6 is 15.9 Å². The Balaban J connectivity index is 1.48. The minimum Gasteiger partial charge on any atom is -0.468 e. The number of piperazine rings is 1. The minimum absolute atomic E-state index is 0.0387. The largest absolute Gasteiger partial charge is 0.468 e. The fraction of sp³-hybridized carbons (Fsp3) is 0.389. The Morgan fingerprint density at radius 2 is 1.92 bits per heavy atom. The number of rotatable bonds is 5. The van der Waals surface area contributed by atoms with Crippen molar-refractivity contribution in [3.63, 3.8) is 0 Å². The van der Waals surface area contributed by atoms with Crippen LogP contribution in [0.25, 0.3) is 0 Å². The average Bonchev–Trinajstić information content (AvgIpc) is 3.10. The summed E-state index contributed by atoms with van der Waals surface area (Å²) in [6.45, 7) is 6.45. The third kappa shape index (κ3) is 4.47. The van der Waals surface area contributed by atoms with Crippen molar-refractivity contribution in [1.82, 2.24) is 9.80 Å². The lowest BCUT2D eigenvalue weighted by atomic mass is 10.2. The number of furan rings is 1. The van der Waals surface area contributed by atoms with Gasteiger partial charge in [-0.15, -0.1) is 0 Å². The van der Waals surface area contributed by atoms with E-state index in [0.29, 0.717) is 0 Å². The van der Waals surface area contributed by atoms with Crippen molar-refractivity contribution in [2.75, 3.05) is 31.5 Å². The maximum atomic E-state index is 12.4. The number of carbonyl (C=O) groups excluding carboxylic acids is 1. The zero-order valence-corrected chi connectivity index (χ0v) is 15.3. The van der Waals surface area contributed by atoms with E-state index in [4.69, 9.17) is 4.42 Å². The van der Waals surface area contributed by atoms with Crippen LogP contribution in [0, 0.1) is 0 Å². The van der Waals surface area contributed by atoms with Gasteiger partial charge in [-0.3, -0.25) is 14.6 Å². The van der Waals surface area contributed by atoms with Gasteiger partial charge in [-0.1, -0.05) is 15.9 Å². The predicted molar refractivity (Wildman–Crippen MR) is 97.8 cm³/mol. The molecule has 1 aromatic heterocycles. The van der Waals surface area contributed by atoms with Crippen LogP contribution in [0.1, 0.15) is 12.7 Å². The first kappa shape index (κ1) is 17.2. The number of hydrogen-bond acceptors (Lipinski definition) is 4. The van der Waals surface area contributed by atoms with Crippen molar-refractivity contribution in [1.29, 1.82) is 0 Å². The van der Waals surface area contributed by atoms with Gasteiger partial charge in [0.25, 0.3) is 0 Å². The third-order valence-corrected chi connectivity index (χ3v) is 4.93. The normalized spacial score (nSPS) is 17.6. The number of carbonyl (C=O) groups is 1. The monoisotopic (exact) mass is 391 g/mol. The van der Waals surface area contributed by atoms with E-state index in [9.17, 15) is 4.79 Å². The van der Waals surface area contributed by atoms with Gasteiger partial charge < -0.3 is 9.73 Å². The summed E-state index contributed by atoms with van der Waals surface area (Å²) in [4.78, 5) is 17.0. The highest BCUT2D eigenvalue weighted by Crippen LogP contribution is 2.16. The van der Waals surface area contributed by atoms with E-state index in [2.05, 4.69) is 31.0 Å². The second kappa shape index (κ2) is 7.96. The molecule has 1 aliphatic rings. The van der Waals surface area contributed by atoms with E-state index >= 15 is 0 Å². The number of amides is 1. The molecular weight excluding hydrogens is 370 g/mol. The van der Waals surface area contributed by atoms with Crippen molar-refractivity contribution in [2.24, 2.45) is 0 Å². The summed E-state index contributed by atoms with van der Waals surface area (Å²) in [5, 5.41) is 2.98. The van der Waals surface area contributed by atoms with Crippen LogP contribution in [-0.4, -0.2) is 47.9 Å². The molecule has 3 rings (SSSR count). The summed E-state index contributed by atoms with van der Waals surface area (Å²) in [6.07, 6.45) is 1.71. The molecule has 128 valence electrons. The Bertz CT molecular complexity index is 649. The van der Waals surface area contributed by atoms with Crippen molar-refractivity contribution in [3.05, 3.63) is 52.9 Å². The lowest BCUT2D eigenvalue weighted by Gasteiger charge is -2.37. The van der Waals surface area contributed by atoms with Crippen LogP contribution in [0.5, 0.6) is 0 Å². The van der Waals surface area contributed by atoms with Gasteiger partial charge in [-0.05, 0) is 43.3 Å². The van der Waals surface area contributed by atoms with Gasteiger partial charge in [0.15, 0.2) is 0 Å². The molecule has 1 unspecified atom stereocenters. The molecule has 1 N–H and O–H groups in total. The molecule has 1 amide bonds. The van der Waals surface area contributed by atoms with Gasteiger partial charge in [0.2, 0.25) is 5.91 Å². The van der Waals surface area contributed by atoms with E-state index in [-0.39, 0.29) is 11.9 Å². The fourth-order valence-corrected chi connectivity index (χ4v) is 3.14. The Morgan fingerprint density at radius 3 is 2.54 bits per heavy atom. The maximum absolute atomic E-state index is 12.4. The van der Waals surface area contributed by atoms with Crippen molar-refractivity contribution in [3.8, 4) is 0 Å². The van der Waals surface area contributed by atoms with E-state index < -0.39 is 0 Å². The second-order valence-electron chi connectivity index (χ2n) is 6.06. The molecule has 5 nitrogen and oxygen atoms in total. The van der Waals surface area contributed by atoms with Crippen LogP contribution in [-0.2, 0) is 11.3 Å². The molecule has 0 bridgehead atoms. The lowest BCUT2D eigenvalue weighted by molar-refractivity contribution is -0.121. The van der Waals surface area contributed by atoms with Gasteiger partial charge in [0, 0.05) is 36.3 Å². The zero-order valence-electron chi connectivity index (χ0n) is 13.7. The fourth-order valence-electron chi connectivity index (χ4n) is 2.88. The molecule has 0 saturated carbocycles. The first-order valence-corrected chi connectivity index (χ1v) is 8.96. The third-order valence-electron chi connectivity index (χ3n) is 4.41. The summed E-state index contributed by atoms with van der Waals surface area (Å²) in [5.41, 5.74) is 0.825. The first-order chi connectivity index (χ1) is 11.6. The van der Waals surface area contributed by atoms with Crippen molar-refractivity contribution >= 4 is 27.5 Å². The molecule has 2 aromatic rings. The Morgan fingerprint density at radius 1 is 1.21 bits per heavy atom. The molecule has 0 aliphatic carbocycles. The molecule has 1 fully saturated rings. The van der Waals surface area contributed by atoms with E-state index in [0.717, 1.165) is 48.6 Å². The summed E-state index contributed by atoms with van der Waals surface area (Å²) in [5.74, 6) is 1.03. The summed E-state index contributed by atoms with van der Waals surface area (Å²) >= 11 is 3.40. The first-order valence-electron chi connectivity index (χ1n) is 8.17. The van der Waals surface area contributed by atoms with Gasteiger partial charge in [-0.2, -0.15) is 0 Å². The number of anilines is 1. The molecule has 2 heterocycles. The highest BCUT2D eigenvalue weighted by molar-refractivity contribution is 9.10. The van der Waals surface area contributed by atoms with Gasteiger partial charge >= 0.3 is 0 Å². The second-order valence-corrected chi connectivity index (χ2v) is 6.98. The molecule has 1 aliphatic heterocycles. The Kier molecular flexibility index (Phi) is 5.71. The quantitative estimate of drug-likeness (QED) is 0.849. The van der Waals surface area contributed by atoms with Gasteiger partial charge in [0.1, 0.15) is 5.76 Å². The highest BCUT2D eigenvalue weighted by atomic mass is 79.9. The van der Waals surface area contributed by atoms with E-state index in [1.165, 1.54) is 0 Å². The SMILES string of the molecule is CC(C(=O)Nc1ccc(Br)cc1)N1CCN(Cc2ccco2)CC1. The van der Waals surface area contributed by atoms with Gasteiger partial charge in [-0.25, -0.2) is 0 Å². The van der Waals surface area contributed by atoms with Crippen LogP contribution in [0.2, 0.25) is 0 Å². The van der Waals surface area contributed by atoms with Crippen LogP contribution in [0.15, 0.2) is 51.6 Å². The van der Waals surface area contributed by atoms with Crippen LogP contribution in [0.3, 0.4) is 0 Å². The van der Waals surface area contributed by atoms with Crippen LogP contribution in [0.4, 0.5) is 5.69 Å². The Labute approximate surface area is 150 Å². The van der Waals surface area contributed by atoms with E-state index in [1.807, 2.05) is 43.3 Å². The molecule has 0 radical (unpaired) electrons. The number of nitrogens with zero attached hydrogens (tertiary/aromatic N) is 2. The van der Waals surface area contributed by atoms with Crippen molar-refractivity contribution < 1.29 is 9.21 Å². The number of hydrogen-bond donors (Lipinski definition) is 1. The number of benzene rings is 1. The lowest BCUT2D eigenvalue weighted by Crippen LogP contribution is -2.52. The molecule has 1 saturated heterocycles. The van der Waals surface area contributed by atoms with Crippen molar-refractivity contribution in [2.45, 2.75) is 19.5 Å². The van der Waals surface area contributed by atoms with E-state index in [1.54, 1.807) is 6.26 Å². The number of nitrogens with one attached hydrogen (secondary N) is 1. The smallest absolute Gasteiger partial charge is 0.241 e. The van der Waals surface area contributed by atoms with Gasteiger partial charge in [0.05, 0.1) is 18.8 Å². The summed E-state index contributed by atoms with van der Waals surface area (Å²) in [7, 11) is 0. The Hall–Kier alpha value is -1.63. The predicted octanol–water partition coefficient (Wildman–Crippen LogP) is 3.19. The maximum Gasteiger partial charge on any atom is 0.241 e. The molecule has 0 spiro atoms. The zero-order chi connectivity index (χ0) is 16.9. The molecule has 1 aromatic carbocycles. The van der Waals surface area contributed by atoms with Crippen LogP contribution < -0.4 is 5.32 Å². The number of halogens is 1. The molecule has 1 atom stereocenters. The minimum atomic E-state index is -0.139. The topological polar surface area (TPSA) is 48.7 Å². The highest BCUT2D eigenvalue weighted by Gasteiger charge is 2.25. The molecule has 24 heavy (non-hydrogen) atoms. The summed E-state index contributed by atoms with van der Waals surface area (Å²) in [6, 6.07) is 11.4. The standard InChI is InChI=1S/C18H22BrN3O2/c1-14(18(23)20-16-6-4-15(19)5-7-16)22-10-8-21(9-11-22)13-17-3-2-12-24-17/h2-7,12,14H,8-11,13H2,1H3,(H,20,23). The average molecular weight is 392 g/mol. The molecular formula is C18H22BrN3O2.